The molecule has 0 aromatic heterocycles. The van der Waals surface area contributed by atoms with Gasteiger partial charge in [-0.2, -0.15) is 0 Å². The molecule has 0 amide bonds. The molecule has 0 aliphatic heterocycles. The van der Waals surface area contributed by atoms with Gasteiger partial charge in [0.05, 0.1) is 0 Å². The Balaban J connectivity index is 3.90. The van der Waals surface area contributed by atoms with E-state index >= 15 is 0 Å². The first kappa shape index (κ1) is 32.0. The monoisotopic (exact) mass is 474 g/mol. The van der Waals surface area contributed by atoms with Crippen molar-refractivity contribution in [2.45, 2.75) is 130 Å². The van der Waals surface area contributed by atoms with Gasteiger partial charge < -0.3 is 18.2 Å². The number of unbranched alkanes of at least 4 members (excludes halogenated alkanes) is 13. The topological polar surface area (TPSA) is 43.0 Å². The Morgan fingerprint density at radius 3 is 1.38 bits per heavy atom. The number of hydrogen-bond donors (Lipinski definition) is 1. The van der Waals surface area contributed by atoms with Crippen LogP contribution in [-0.4, -0.2) is 60.9 Å². The molecule has 194 valence electrons. The Bertz CT molecular complexity index is 372. The highest BCUT2D eigenvalue weighted by Gasteiger charge is 2.38. The van der Waals surface area contributed by atoms with Gasteiger partial charge >= 0.3 is 8.97 Å². The number of nitrogens with zero attached hydrogens (tertiary/aromatic N) is 1. The van der Waals surface area contributed by atoms with Crippen molar-refractivity contribution in [3.8, 4) is 0 Å². The van der Waals surface area contributed by atoms with Gasteiger partial charge in [0.2, 0.25) is 0 Å². The quantitative estimate of drug-likeness (QED) is 0.115. The van der Waals surface area contributed by atoms with Gasteiger partial charge in [-0.25, -0.2) is 0 Å². The molecule has 0 bridgehead atoms. The van der Waals surface area contributed by atoms with E-state index in [-0.39, 0.29) is 0 Å². The Morgan fingerprint density at radius 1 is 0.594 bits per heavy atom. The Hall–Kier alpha value is 0.0169. The fourth-order valence-electron chi connectivity index (χ4n) is 4.68. The largest absolute Gasteiger partial charge is 0.595 e. The Labute approximate surface area is 202 Å². The fourth-order valence-corrected chi connectivity index (χ4v) is 6.07. The molecule has 0 spiro atoms. The minimum absolute atomic E-state index is 0.618. The lowest BCUT2D eigenvalue weighted by atomic mass is 10.0. The molecular formula is C26H58N2O3Si. The highest BCUT2D eigenvalue weighted by atomic mass is 28.4. The third kappa shape index (κ3) is 15.8. The molecule has 5 nitrogen and oxygen atoms in total. The summed E-state index contributed by atoms with van der Waals surface area (Å²) < 4.78 is 16.5. The van der Waals surface area contributed by atoms with E-state index < -0.39 is 8.97 Å². The summed E-state index contributed by atoms with van der Waals surface area (Å²) in [5, 5.41) is 0. The minimum atomic E-state index is -2.68. The highest BCUT2D eigenvalue weighted by molar-refractivity contribution is 6.57. The van der Waals surface area contributed by atoms with E-state index in [2.05, 4.69) is 30.7 Å². The smallest absolute Gasteiger partial charge is 0.364 e. The molecule has 1 atom stereocenters. The van der Waals surface area contributed by atoms with Crippen LogP contribution in [0.5, 0.6) is 0 Å². The van der Waals surface area contributed by atoms with Crippen molar-refractivity contribution in [2.75, 3.05) is 41.0 Å². The zero-order valence-corrected chi connectivity index (χ0v) is 23.7. The van der Waals surface area contributed by atoms with Crippen molar-refractivity contribution in [3.63, 3.8) is 0 Å². The van der Waals surface area contributed by atoms with Gasteiger partial charge in [-0.1, -0.05) is 111 Å². The van der Waals surface area contributed by atoms with Gasteiger partial charge in [0, 0.05) is 27.4 Å². The predicted molar refractivity (Wildman–Crippen MR) is 141 cm³/mol. The van der Waals surface area contributed by atoms with Crippen LogP contribution >= 0.6 is 0 Å². The maximum absolute atomic E-state index is 5.49. The standard InChI is InChI=1S/C26H58N2O3Si/c1-7-10-11-12-13-14-15-16-17-18-19-20-21-22-23-26(28(8-2)9-3)24-25-27-32(29-4,30-5)31-6/h26-27H,7-25H2,1-6H3. The summed E-state index contributed by atoms with van der Waals surface area (Å²) in [5.74, 6) is 0. The lowest BCUT2D eigenvalue weighted by molar-refractivity contribution is 0.108. The van der Waals surface area contributed by atoms with Crippen molar-refractivity contribution >= 4 is 8.97 Å². The van der Waals surface area contributed by atoms with Crippen LogP contribution in [0.4, 0.5) is 0 Å². The Kier molecular flexibility index (Phi) is 22.8. The van der Waals surface area contributed by atoms with Gasteiger partial charge in [-0.05, 0) is 32.5 Å². The first-order valence-electron chi connectivity index (χ1n) is 13.8. The second-order valence-corrected chi connectivity index (χ2v) is 11.8. The summed E-state index contributed by atoms with van der Waals surface area (Å²) in [7, 11) is 2.29. The molecule has 0 rings (SSSR count). The molecule has 0 radical (unpaired) electrons. The second-order valence-electron chi connectivity index (χ2n) is 9.14. The number of hydrogen-bond acceptors (Lipinski definition) is 5. The van der Waals surface area contributed by atoms with Crippen molar-refractivity contribution in [3.05, 3.63) is 0 Å². The summed E-state index contributed by atoms with van der Waals surface area (Å²) in [6.45, 7) is 9.92. The third-order valence-electron chi connectivity index (χ3n) is 6.84. The molecule has 1 unspecified atom stereocenters. The number of rotatable bonds is 25. The van der Waals surface area contributed by atoms with Crippen LogP contribution in [0.3, 0.4) is 0 Å². The molecule has 32 heavy (non-hydrogen) atoms. The van der Waals surface area contributed by atoms with Gasteiger partial charge in [-0.3, -0.25) is 4.98 Å². The second kappa shape index (κ2) is 22.8. The molecule has 0 aliphatic carbocycles. The molecule has 0 saturated heterocycles. The molecular weight excluding hydrogens is 416 g/mol. The SMILES string of the molecule is CCCCCCCCCCCCCCCCC(CCN[Si](OC)(OC)OC)N(CC)CC. The van der Waals surface area contributed by atoms with Crippen LogP contribution < -0.4 is 4.98 Å². The van der Waals surface area contributed by atoms with Gasteiger partial charge in [-0.15, -0.1) is 0 Å². The van der Waals surface area contributed by atoms with Crippen molar-refractivity contribution in [1.82, 2.24) is 9.88 Å². The van der Waals surface area contributed by atoms with E-state index in [1.165, 1.54) is 96.3 Å². The zero-order chi connectivity index (χ0) is 23.9. The van der Waals surface area contributed by atoms with E-state index in [0.29, 0.717) is 6.04 Å². The molecule has 0 aromatic rings. The summed E-state index contributed by atoms with van der Waals surface area (Å²) in [5.41, 5.74) is 0. The van der Waals surface area contributed by atoms with Crippen LogP contribution in [0, 0.1) is 0 Å². The van der Waals surface area contributed by atoms with Gasteiger partial charge in [0.25, 0.3) is 0 Å². The van der Waals surface area contributed by atoms with E-state index in [0.717, 1.165) is 26.1 Å². The van der Waals surface area contributed by atoms with Gasteiger partial charge in [0.1, 0.15) is 0 Å². The van der Waals surface area contributed by atoms with Crippen LogP contribution in [0.25, 0.3) is 0 Å². The first-order chi connectivity index (χ1) is 15.6. The third-order valence-corrected chi connectivity index (χ3v) is 9.14. The summed E-state index contributed by atoms with van der Waals surface area (Å²) in [4.78, 5) is 6.01. The molecule has 0 aliphatic rings. The molecule has 0 fully saturated rings. The molecule has 6 heteroatoms. The van der Waals surface area contributed by atoms with Gasteiger partial charge in [0.15, 0.2) is 0 Å². The van der Waals surface area contributed by atoms with E-state index in [1.54, 1.807) is 21.3 Å². The zero-order valence-electron chi connectivity index (χ0n) is 22.7. The lowest BCUT2D eigenvalue weighted by Crippen LogP contribution is -2.57. The first-order valence-corrected chi connectivity index (χ1v) is 15.5. The summed E-state index contributed by atoms with van der Waals surface area (Å²) in [6, 6.07) is 0.618. The lowest BCUT2D eigenvalue weighted by Gasteiger charge is -2.31. The summed E-state index contributed by atoms with van der Waals surface area (Å²) in [6.07, 6.45) is 22.2. The van der Waals surface area contributed by atoms with E-state index in [9.17, 15) is 0 Å². The predicted octanol–water partition coefficient (Wildman–Crippen LogP) is 6.92. The van der Waals surface area contributed by atoms with Crippen molar-refractivity contribution in [1.29, 1.82) is 0 Å². The number of nitrogens with one attached hydrogen (secondary N) is 1. The van der Waals surface area contributed by atoms with Crippen molar-refractivity contribution in [2.24, 2.45) is 0 Å². The maximum Gasteiger partial charge on any atom is 0.595 e. The van der Waals surface area contributed by atoms with Crippen LogP contribution in [0.2, 0.25) is 0 Å². The Morgan fingerprint density at radius 2 is 1.00 bits per heavy atom. The molecule has 0 heterocycles. The van der Waals surface area contributed by atoms with Crippen LogP contribution in [-0.2, 0) is 13.3 Å². The fraction of sp³-hybridized carbons (Fsp3) is 1.00. The van der Waals surface area contributed by atoms with Crippen LogP contribution in [0.1, 0.15) is 124 Å². The molecule has 1 N–H and O–H groups in total. The average Bonchev–Trinajstić information content (AvgIpc) is 2.82. The van der Waals surface area contributed by atoms with Crippen molar-refractivity contribution < 1.29 is 13.3 Å². The average molecular weight is 475 g/mol. The van der Waals surface area contributed by atoms with E-state index in [4.69, 9.17) is 13.3 Å². The summed E-state index contributed by atoms with van der Waals surface area (Å²) >= 11 is 0. The molecule has 0 saturated carbocycles. The highest BCUT2D eigenvalue weighted by Crippen LogP contribution is 2.17. The van der Waals surface area contributed by atoms with Crippen LogP contribution in [0.15, 0.2) is 0 Å². The maximum atomic E-state index is 5.49. The molecule has 0 aromatic carbocycles. The van der Waals surface area contributed by atoms with E-state index in [1.807, 2.05) is 0 Å². The normalized spacial score (nSPS) is 13.2. The minimum Gasteiger partial charge on any atom is -0.364 e.